The first-order valence-electron chi connectivity index (χ1n) is 8.42. The third kappa shape index (κ3) is 3.13. The van der Waals surface area contributed by atoms with Crippen LogP contribution in [0, 0.1) is 0 Å². The molecule has 0 bridgehead atoms. The van der Waals surface area contributed by atoms with Crippen LogP contribution in [0.5, 0.6) is 0 Å². The Kier molecular flexibility index (Phi) is 4.73. The molecule has 0 aliphatic carbocycles. The summed E-state index contributed by atoms with van der Waals surface area (Å²) >= 11 is 9.70. The highest BCUT2D eigenvalue weighted by Gasteiger charge is 2.37. The number of ketones is 1. The molecule has 4 rings (SSSR count). The molecule has 0 unspecified atom stereocenters. The van der Waals surface area contributed by atoms with Crippen molar-refractivity contribution in [3.63, 3.8) is 0 Å². The minimum Gasteiger partial charge on any atom is -0.368 e. The zero-order valence-corrected chi connectivity index (χ0v) is 16.3. The highest BCUT2D eigenvalue weighted by molar-refractivity contribution is 9.10. The first-order valence-corrected chi connectivity index (χ1v) is 9.59. The van der Waals surface area contributed by atoms with Crippen LogP contribution in [0.25, 0.3) is 0 Å². The van der Waals surface area contributed by atoms with Crippen molar-refractivity contribution < 1.29 is 9.59 Å². The Morgan fingerprint density at radius 2 is 1.69 bits per heavy atom. The predicted molar refractivity (Wildman–Crippen MR) is 106 cm³/mol. The van der Waals surface area contributed by atoms with Gasteiger partial charge in [0.2, 0.25) is 0 Å². The Labute approximate surface area is 165 Å². The molecule has 5 nitrogen and oxygen atoms in total. The molecule has 1 fully saturated rings. The SMILES string of the molecule is O=C1C(=O)N(CN2CCN(c3ccccc3Cl)CC2)c2cc(Br)ccc21. The van der Waals surface area contributed by atoms with Gasteiger partial charge in [-0.25, -0.2) is 0 Å². The van der Waals surface area contributed by atoms with Crippen LogP contribution >= 0.6 is 27.5 Å². The Morgan fingerprint density at radius 1 is 0.962 bits per heavy atom. The molecule has 1 saturated heterocycles. The number of nitrogens with zero attached hydrogens (tertiary/aromatic N) is 3. The molecule has 2 aliphatic rings. The molecule has 7 heteroatoms. The van der Waals surface area contributed by atoms with Crippen LogP contribution in [-0.2, 0) is 4.79 Å². The van der Waals surface area contributed by atoms with Gasteiger partial charge in [-0.3, -0.25) is 19.4 Å². The number of fused-ring (bicyclic) bond motifs is 1. The number of hydrogen-bond acceptors (Lipinski definition) is 4. The summed E-state index contributed by atoms with van der Waals surface area (Å²) in [4.78, 5) is 30.6. The minimum absolute atomic E-state index is 0.421. The summed E-state index contributed by atoms with van der Waals surface area (Å²) in [5.41, 5.74) is 2.20. The lowest BCUT2D eigenvalue weighted by atomic mass is 10.1. The van der Waals surface area contributed by atoms with Crippen molar-refractivity contribution in [2.75, 3.05) is 42.6 Å². The number of anilines is 2. The topological polar surface area (TPSA) is 43.9 Å². The summed E-state index contributed by atoms with van der Waals surface area (Å²) in [6, 6.07) is 13.1. The predicted octanol–water partition coefficient (Wildman–Crippen LogP) is 3.41. The molecule has 2 aromatic rings. The van der Waals surface area contributed by atoms with E-state index in [-0.39, 0.29) is 0 Å². The summed E-state index contributed by atoms with van der Waals surface area (Å²) in [5.74, 6) is -0.881. The second-order valence-corrected chi connectivity index (χ2v) is 7.74. The van der Waals surface area contributed by atoms with Crippen LogP contribution in [0.4, 0.5) is 11.4 Å². The van der Waals surface area contributed by atoms with E-state index in [0.29, 0.717) is 17.9 Å². The maximum absolute atomic E-state index is 12.4. The molecule has 26 heavy (non-hydrogen) atoms. The number of rotatable bonds is 3. The van der Waals surface area contributed by atoms with Crippen molar-refractivity contribution in [2.24, 2.45) is 0 Å². The fourth-order valence-electron chi connectivity index (χ4n) is 3.45. The maximum atomic E-state index is 12.4. The van der Waals surface area contributed by atoms with E-state index in [1.54, 1.807) is 17.0 Å². The molecule has 0 atom stereocenters. The first-order chi connectivity index (χ1) is 12.5. The largest absolute Gasteiger partial charge is 0.368 e. The molecular weight excluding hydrogens is 418 g/mol. The molecule has 134 valence electrons. The number of para-hydroxylation sites is 1. The van der Waals surface area contributed by atoms with E-state index >= 15 is 0 Å². The van der Waals surface area contributed by atoms with Crippen molar-refractivity contribution in [1.29, 1.82) is 0 Å². The highest BCUT2D eigenvalue weighted by atomic mass is 79.9. The molecule has 1 amide bonds. The third-order valence-corrected chi connectivity index (χ3v) is 5.65. The van der Waals surface area contributed by atoms with E-state index < -0.39 is 11.7 Å². The van der Waals surface area contributed by atoms with E-state index in [1.807, 2.05) is 30.3 Å². The Balaban J connectivity index is 1.45. The van der Waals surface area contributed by atoms with Crippen LogP contribution < -0.4 is 9.80 Å². The third-order valence-electron chi connectivity index (χ3n) is 4.84. The van der Waals surface area contributed by atoms with Crippen molar-refractivity contribution in [2.45, 2.75) is 0 Å². The molecule has 2 heterocycles. The summed E-state index contributed by atoms with van der Waals surface area (Å²) in [6.07, 6.45) is 0. The van der Waals surface area contributed by atoms with Gasteiger partial charge in [0.1, 0.15) is 0 Å². The number of carbonyl (C=O) groups is 2. The Morgan fingerprint density at radius 3 is 2.42 bits per heavy atom. The van der Waals surface area contributed by atoms with E-state index in [4.69, 9.17) is 11.6 Å². The Hall–Kier alpha value is -1.89. The zero-order chi connectivity index (χ0) is 18.3. The van der Waals surface area contributed by atoms with Crippen LogP contribution in [-0.4, -0.2) is 49.4 Å². The van der Waals surface area contributed by atoms with Gasteiger partial charge in [0, 0.05) is 30.7 Å². The summed E-state index contributed by atoms with van der Waals surface area (Å²) in [7, 11) is 0. The van der Waals surface area contributed by atoms with Gasteiger partial charge < -0.3 is 4.90 Å². The standard InChI is InChI=1S/C19H17BrClN3O2/c20-13-5-6-14-17(11-13)24(19(26)18(14)25)12-22-7-9-23(10-8-22)16-4-2-1-3-15(16)21/h1-6,11H,7-10,12H2. The molecule has 2 aromatic carbocycles. The summed E-state index contributed by atoms with van der Waals surface area (Å²) in [5, 5.41) is 0.750. The van der Waals surface area contributed by atoms with Crippen LogP contribution in [0.1, 0.15) is 10.4 Å². The normalized spacial score (nSPS) is 17.8. The van der Waals surface area contributed by atoms with Crippen molar-refractivity contribution >= 4 is 50.6 Å². The van der Waals surface area contributed by atoms with Crippen molar-refractivity contribution in [1.82, 2.24) is 4.90 Å². The molecule has 0 saturated carbocycles. The fourth-order valence-corrected chi connectivity index (χ4v) is 4.05. The lowest BCUT2D eigenvalue weighted by Crippen LogP contribution is -2.51. The number of halogens is 2. The van der Waals surface area contributed by atoms with Gasteiger partial charge in [0.05, 0.1) is 28.6 Å². The van der Waals surface area contributed by atoms with E-state index in [1.165, 1.54) is 0 Å². The lowest BCUT2D eigenvalue weighted by Gasteiger charge is -2.38. The molecule has 0 N–H and O–H groups in total. The van der Waals surface area contributed by atoms with Gasteiger partial charge in [-0.2, -0.15) is 0 Å². The van der Waals surface area contributed by atoms with Crippen LogP contribution in [0.15, 0.2) is 46.9 Å². The van der Waals surface area contributed by atoms with Crippen molar-refractivity contribution in [3.8, 4) is 0 Å². The number of benzene rings is 2. The van der Waals surface area contributed by atoms with Gasteiger partial charge in [-0.05, 0) is 30.3 Å². The molecule has 0 aromatic heterocycles. The van der Waals surface area contributed by atoms with E-state index in [2.05, 4.69) is 25.7 Å². The van der Waals surface area contributed by atoms with Crippen LogP contribution in [0.2, 0.25) is 5.02 Å². The van der Waals surface area contributed by atoms with Crippen LogP contribution in [0.3, 0.4) is 0 Å². The summed E-state index contributed by atoms with van der Waals surface area (Å²) < 4.78 is 0.854. The molecule has 0 spiro atoms. The van der Waals surface area contributed by atoms with Crippen molar-refractivity contribution in [3.05, 3.63) is 57.5 Å². The number of Topliss-reactive ketones (excluding diaryl/α,β-unsaturated/α-hetero) is 1. The second kappa shape index (κ2) is 7.02. The van der Waals surface area contributed by atoms with E-state index in [0.717, 1.165) is 41.4 Å². The smallest absolute Gasteiger partial charge is 0.300 e. The quantitative estimate of drug-likeness (QED) is 0.695. The van der Waals surface area contributed by atoms with Gasteiger partial charge >= 0.3 is 5.91 Å². The van der Waals surface area contributed by atoms with E-state index in [9.17, 15) is 9.59 Å². The highest BCUT2D eigenvalue weighted by Crippen LogP contribution is 2.32. The Bertz CT molecular complexity index is 881. The number of hydrogen-bond donors (Lipinski definition) is 0. The first kappa shape index (κ1) is 17.5. The molecule has 2 aliphatic heterocycles. The maximum Gasteiger partial charge on any atom is 0.300 e. The summed E-state index contributed by atoms with van der Waals surface area (Å²) in [6.45, 7) is 3.67. The number of piperazine rings is 1. The second-order valence-electron chi connectivity index (χ2n) is 6.42. The number of carbonyl (C=O) groups excluding carboxylic acids is 2. The van der Waals surface area contributed by atoms with Gasteiger partial charge in [-0.15, -0.1) is 0 Å². The monoisotopic (exact) mass is 433 g/mol. The molecule has 0 radical (unpaired) electrons. The van der Waals surface area contributed by atoms with Gasteiger partial charge in [0.25, 0.3) is 5.78 Å². The fraction of sp³-hybridized carbons (Fsp3) is 0.263. The molecular formula is C19H17BrClN3O2. The average Bonchev–Trinajstić information content (AvgIpc) is 2.87. The van der Waals surface area contributed by atoms with Gasteiger partial charge in [0.15, 0.2) is 0 Å². The lowest BCUT2D eigenvalue weighted by molar-refractivity contribution is -0.114. The van der Waals surface area contributed by atoms with Gasteiger partial charge in [-0.1, -0.05) is 39.7 Å². The average molecular weight is 435 g/mol. The minimum atomic E-state index is -0.452. The zero-order valence-electron chi connectivity index (χ0n) is 14.0. The number of amides is 1.